The van der Waals surface area contributed by atoms with Gasteiger partial charge in [-0.25, -0.2) is 0 Å². The average Bonchev–Trinajstić information content (AvgIpc) is 2.36. The molecule has 1 aromatic carbocycles. The van der Waals surface area contributed by atoms with E-state index in [-0.39, 0.29) is 5.41 Å². The second-order valence-corrected chi connectivity index (χ2v) is 6.40. The van der Waals surface area contributed by atoms with Gasteiger partial charge in [0.2, 0.25) is 0 Å². The molecule has 2 rings (SSSR count). The summed E-state index contributed by atoms with van der Waals surface area (Å²) in [6.07, 6.45) is 4.98. The molecular formula is C17H24N2. The number of rotatable bonds is 3. The predicted octanol–water partition coefficient (Wildman–Crippen LogP) is 3.98. The van der Waals surface area contributed by atoms with E-state index < -0.39 is 0 Å². The van der Waals surface area contributed by atoms with Crippen molar-refractivity contribution in [3.05, 3.63) is 41.7 Å². The first-order chi connectivity index (χ1) is 8.93. The molecule has 0 radical (unpaired) electrons. The largest absolute Gasteiger partial charge is 0.330 e. The minimum Gasteiger partial charge on any atom is -0.330 e. The lowest BCUT2D eigenvalue weighted by atomic mass is 9.84. The van der Waals surface area contributed by atoms with Crippen molar-refractivity contribution in [3.8, 4) is 0 Å². The van der Waals surface area contributed by atoms with Gasteiger partial charge in [0, 0.05) is 17.8 Å². The van der Waals surface area contributed by atoms with Crippen LogP contribution in [0.3, 0.4) is 0 Å². The summed E-state index contributed by atoms with van der Waals surface area (Å²) >= 11 is 0. The first-order valence-electron chi connectivity index (χ1n) is 7.01. The van der Waals surface area contributed by atoms with E-state index in [2.05, 4.69) is 50.9 Å². The molecule has 0 saturated heterocycles. The Morgan fingerprint density at radius 3 is 2.58 bits per heavy atom. The summed E-state index contributed by atoms with van der Waals surface area (Å²) in [4.78, 5) is 4.40. The summed E-state index contributed by atoms with van der Waals surface area (Å²) in [7, 11) is 0. The zero-order valence-electron chi connectivity index (χ0n) is 12.4. The summed E-state index contributed by atoms with van der Waals surface area (Å²) in [5.74, 6) is 0.507. The predicted molar refractivity (Wildman–Crippen MR) is 82.5 cm³/mol. The highest BCUT2D eigenvalue weighted by Gasteiger charge is 2.17. The Hall–Kier alpha value is -1.41. The number of nitrogens with two attached hydrogens (primary N) is 1. The number of nitrogens with zero attached hydrogens (tertiary/aromatic N) is 1. The fourth-order valence-corrected chi connectivity index (χ4v) is 2.52. The quantitative estimate of drug-likeness (QED) is 0.902. The average molecular weight is 256 g/mol. The Balaban J connectivity index is 2.51. The molecule has 1 aromatic heterocycles. The van der Waals surface area contributed by atoms with Crippen molar-refractivity contribution < 1.29 is 0 Å². The molecular weight excluding hydrogens is 232 g/mol. The lowest BCUT2D eigenvalue weighted by molar-refractivity contribution is 0.593. The van der Waals surface area contributed by atoms with Gasteiger partial charge in [-0.05, 0) is 46.9 Å². The molecule has 0 saturated carbocycles. The van der Waals surface area contributed by atoms with Crippen molar-refractivity contribution in [2.75, 3.05) is 6.54 Å². The van der Waals surface area contributed by atoms with Gasteiger partial charge in [0.1, 0.15) is 0 Å². The molecule has 2 nitrogen and oxygen atoms in total. The smallest absolute Gasteiger partial charge is 0.0346 e. The van der Waals surface area contributed by atoms with Crippen molar-refractivity contribution in [2.45, 2.75) is 45.4 Å². The summed E-state index contributed by atoms with van der Waals surface area (Å²) in [5.41, 5.74) is 8.43. The Morgan fingerprint density at radius 2 is 1.95 bits per heavy atom. The van der Waals surface area contributed by atoms with Gasteiger partial charge in [-0.2, -0.15) is 0 Å². The minimum atomic E-state index is 0.122. The first kappa shape index (κ1) is 14.0. The van der Waals surface area contributed by atoms with Crippen LogP contribution in [-0.2, 0) is 5.41 Å². The molecule has 0 bridgehead atoms. The van der Waals surface area contributed by atoms with Crippen molar-refractivity contribution in [1.82, 2.24) is 4.98 Å². The van der Waals surface area contributed by atoms with Crippen LogP contribution in [0, 0.1) is 0 Å². The fourth-order valence-electron chi connectivity index (χ4n) is 2.52. The molecule has 1 atom stereocenters. The van der Waals surface area contributed by atoms with Gasteiger partial charge in [-0.3, -0.25) is 4.98 Å². The van der Waals surface area contributed by atoms with Gasteiger partial charge in [0.05, 0.1) is 0 Å². The zero-order valence-corrected chi connectivity index (χ0v) is 12.4. The molecule has 19 heavy (non-hydrogen) atoms. The van der Waals surface area contributed by atoms with Crippen LogP contribution in [0.25, 0.3) is 10.8 Å². The van der Waals surface area contributed by atoms with Gasteiger partial charge >= 0.3 is 0 Å². The van der Waals surface area contributed by atoms with Crippen LogP contribution in [0.4, 0.5) is 0 Å². The number of hydrogen-bond acceptors (Lipinski definition) is 2. The lowest BCUT2D eigenvalue weighted by Crippen LogP contribution is -2.12. The molecule has 1 unspecified atom stereocenters. The van der Waals surface area contributed by atoms with Crippen LogP contribution in [0.2, 0.25) is 0 Å². The summed E-state index contributed by atoms with van der Waals surface area (Å²) in [6.45, 7) is 9.66. The van der Waals surface area contributed by atoms with Crippen LogP contribution in [0.5, 0.6) is 0 Å². The molecule has 2 N–H and O–H groups in total. The number of fused-ring (bicyclic) bond motifs is 1. The van der Waals surface area contributed by atoms with Crippen molar-refractivity contribution in [1.29, 1.82) is 0 Å². The van der Waals surface area contributed by atoms with E-state index in [4.69, 9.17) is 5.73 Å². The van der Waals surface area contributed by atoms with Gasteiger partial charge in [0.15, 0.2) is 0 Å². The molecule has 102 valence electrons. The lowest BCUT2D eigenvalue weighted by Gasteiger charge is -2.21. The fraction of sp³-hybridized carbons (Fsp3) is 0.471. The molecule has 0 aliphatic rings. The van der Waals surface area contributed by atoms with Gasteiger partial charge in [-0.1, -0.05) is 39.8 Å². The topological polar surface area (TPSA) is 38.9 Å². The molecule has 0 fully saturated rings. The molecule has 2 heteroatoms. The maximum Gasteiger partial charge on any atom is 0.0346 e. The molecule has 0 aliphatic carbocycles. The summed E-state index contributed by atoms with van der Waals surface area (Å²) in [6, 6.07) is 6.73. The standard InChI is InChI=1S/C17H24N2/c1-12(7-8-18)13-5-6-15-14(9-13)10-19-11-16(15)17(2,3)4/h5-6,9-12H,7-8,18H2,1-4H3. The second-order valence-electron chi connectivity index (χ2n) is 6.40. The number of pyridine rings is 1. The van der Waals surface area contributed by atoms with Crippen molar-refractivity contribution >= 4 is 10.8 Å². The SMILES string of the molecule is CC(CCN)c1ccc2c(C(C)(C)C)cncc2c1. The third-order valence-corrected chi connectivity index (χ3v) is 3.76. The second kappa shape index (κ2) is 5.30. The highest BCUT2D eigenvalue weighted by molar-refractivity contribution is 5.86. The number of hydrogen-bond donors (Lipinski definition) is 1. The monoisotopic (exact) mass is 256 g/mol. The maximum atomic E-state index is 5.65. The third-order valence-electron chi connectivity index (χ3n) is 3.76. The van der Waals surface area contributed by atoms with Crippen LogP contribution < -0.4 is 5.73 Å². The number of benzene rings is 1. The van der Waals surface area contributed by atoms with E-state index in [1.54, 1.807) is 0 Å². The molecule has 1 heterocycles. The molecule has 0 spiro atoms. The van der Waals surface area contributed by atoms with E-state index >= 15 is 0 Å². The summed E-state index contributed by atoms with van der Waals surface area (Å²) < 4.78 is 0. The summed E-state index contributed by atoms with van der Waals surface area (Å²) in [5, 5.41) is 2.54. The minimum absolute atomic E-state index is 0.122. The Morgan fingerprint density at radius 1 is 1.21 bits per heavy atom. The molecule has 2 aromatic rings. The van der Waals surface area contributed by atoms with Gasteiger partial charge in [0.25, 0.3) is 0 Å². The van der Waals surface area contributed by atoms with E-state index in [1.807, 2.05) is 12.4 Å². The van der Waals surface area contributed by atoms with Crippen LogP contribution in [0.1, 0.15) is 51.2 Å². The van der Waals surface area contributed by atoms with E-state index in [0.717, 1.165) is 13.0 Å². The third kappa shape index (κ3) is 2.95. The highest BCUT2D eigenvalue weighted by atomic mass is 14.6. The zero-order chi connectivity index (χ0) is 14.0. The van der Waals surface area contributed by atoms with E-state index in [0.29, 0.717) is 5.92 Å². The highest BCUT2D eigenvalue weighted by Crippen LogP contribution is 2.31. The van der Waals surface area contributed by atoms with Crippen LogP contribution in [-0.4, -0.2) is 11.5 Å². The Labute approximate surface area is 116 Å². The van der Waals surface area contributed by atoms with E-state index in [9.17, 15) is 0 Å². The Bertz CT molecular complexity index is 567. The van der Waals surface area contributed by atoms with Crippen LogP contribution >= 0.6 is 0 Å². The van der Waals surface area contributed by atoms with Crippen molar-refractivity contribution in [3.63, 3.8) is 0 Å². The molecule has 0 aliphatic heterocycles. The normalized spacial score (nSPS) is 13.7. The Kier molecular flexibility index (Phi) is 3.91. The van der Waals surface area contributed by atoms with E-state index in [1.165, 1.54) is 21.9 Å². The van der Waals surface area contributed by atoms with Crippen LogP contribution in [0.15, 0.2) is 30.6 Å². The van der Waals surface area contributed by atoms with Crippen molar-refractivity contribution in [2.24, 2.45) is 5.73 Å². The molecule has 0 amide bonds. The number of aromatic nitrogens is 1. The maximum absolute atomic E-state index is 5.65. The first-order valence-corrected chi connectivity index (χ1v) is 7.01. The van der Waals surface area contributed by atoms with Gasteiger partial charge < -0.3 is 5.73 Å². The van der Waals surface area contributed by atoms with Gasteiger partial charge in [-0.15, -0.1) is 0 Å².